The summed E-state index contributed by atoms with van der Waals surface area (Å²) >= 11 is 3.24. The van der Waals surface area contributed by atoms with Gasteiger partial charge in [0.2, 0.25) is 0 Å². The second kappa shape index (κ2) is 7.50. The number of carbonyl (C=O) groups is 1. The van der Waals surface area contributed by atoms with Gasteiger partial charge in [-0.1, -0.05) is 70.5 Å². The molecule has 0 aliphatic carbocycles. The molecule has 2 N–H and O–H groups in total. The molecule has 2 aromatic carbocycles. The minimum atomic E-state index is -1.08. The molecule has 0 aliphatic heterocycles. The Kier molecular flexibility index (Phi) is 5.67. The zero-order valence-electron chi connectivity index (χ0n) is 11.4. The predicted molar refractivity (Wildman–Crippen MR) is 85.7 cm³/mol. The lowest BCUT2D eigenvalue weighted by Crippen LogP contribution is -2.21. The molecule has 2 atom stereocenters. The molecule has 110 valence electrons. The fourth-order valence-corrected chi connectivity index (χ4v) is 2.65. The quantitative estimate of drug-likeness (QED) is 0.622. The molecule has 0 bridgehead atoms. The monoisotopic (exact) mass is 348 g/mol. The zero-order chi connectivity index (χ0) is 15.2. The van der Waals surface area contributed by atoms with Crippen molar-refractivity contribution >= 4 is 21.7 Å². The summed E-state index contributed by atoms with van der Waals surface area (Å²) in [7, 11) is 0. The molecule has 0 amide bonds. The van der Waals surface area contributed by atoms with Crippen molar-refractivity contribution in [1.29, 1.82) is 0 Å². The molecule has 2 rings (SSSR count). The van der Waals surface area contributed by atoms with Crippen molar-refractivity contribution in [2.24, 2.45) is 0 Å². The highest BCUT2D eigenvalue weighted by molar-refractivity contribution is 9.09. The van der Waals surface area contributed by atoms with Crippen LogP contribution in [0.15, 0.2) is 54.6 Å². The predicted octanol–water partition coefficient (Wildman–Crippen LogP) is 3.10. The Labute approximate surface area is 132 Å². The van der Waals surface area contributed by atoms with Crippen LogP contribution >= 0.6 is 15.9 Å². The van der Waals surface area contributed by atoms with Gasteiger partial charge in [-0.15, -0.1) is 0 Å². The summed E-state index contributed by atoms with van der Waals surface area (Å²) in [5, 5.41) is 20.8. The van der Waals surface area contributed by atoms with E-state index in [1.807, 2.05) is 6.07 Å². The Morgan fingerprint density at radius 3 is 2.29 bits per heavy atom. The van der Waals surface area contributed by atoms with Gasteiger partial charge in [-0.3, -0.25) is 4.79 Å². The van der Waals surface area contributed by atoms with Gasteiger partial charge in [0.15, 0.2) is 5.78 Å². The van der Waals surface area contributed by atoms with Gasteiger partial charge in [0.05, 0.1) is 6.10 Å². The maximum Gasteiger partial charge on any atom is 0.193 e. The zero-order valence-corrected chi connectivity index (χ0v) is 13.0. The fourth-order valence-electron chi connectivity index (χ4n) is 2.18. The van der Waals surface area contributed by atoms with E-state index in [0.29, 0.717) is 28.4 Å². The number of hydrogen-bond donors (Lipinski definition) is 2. The van der Waals surface area contributed by atoms with Gasteiger partial charge < -0.3 is 10.2 Å². The average molecular weight is 349 g/mol. The van der Waals surface area contributed by atoms with Crippen molar-refractivity contribution < 1.29 is 15.0 Å². The maximum atomic E-state index is 12.6. The molecular formula is C17H17BrO3. The summed E-state index contributed by atoms with van der Waals surface area (Å²) < 4.78 is 0. The highest BCUT2D eigenvalue weighted by atomic mass is 79.9. The topological polar surface area (TPSA) is 57.5 Å². The van der Waals surface area contributed by atoms with Crippen molar-refractivity contribution in [2.75, 3.05) is 5.33 Å². The van der Waals surface area contributed by atoms with Gasteiger partial charge in [-0.05, 0) is 12.0 Å². The number of hydrogen-bond acceptors (Lipinski definition) is 3. The first-order chi connectivity index (χ1) is 10.1. The highest BCUT2D eigenvalue weighted by Crippen LogP contribution is 2.25. The molecule has 0 saturated carbocycles. The first-order valence-corrected chi connectivity index (χ1v) is 7.88. The van der Waals surface area contributed by atoms with Crippen LogP contribution in [0, 0.1) is 0 Å². The van der Waals surface area contributed by atoms with Gasteiger partial charge in [-0.2, -0.15) is 0 Å². The van der Waals surface area contributed by atoms with Crippen molar-refractivity contribution in [3.05, 3.63) is 71.3 Å². The van der Waals surface area contributed by atoms with Gasteiger partial charge >= 0.3 is 0 Å². The van der Waals surface area contributed by atoms with Gasteiger partial charge in [-0.25, -0.2) is 0 Å². The van der Waals surface area contributed by atoms with Crippen molar-refractivity contribution in [3.8, 4) is 0 Å². The average Bonchev–Trinajstić information content (AvgIpc) is 2.54. The molecule has 0 spiro atoms. The molecule has 0 aromatic heterocycles. The van der Waals surface area contributed by atoms with Crippen LogP contribution in [0.3, 0.4) is 0 Å². The first kappa shape index (κ1) is 15.9. The second-order valence-corrected chi connectivity index (χ2v) is 5.57. The molecule has 0 heterocycles. The standard InChI is InChI=1S/C17H17BrO3/c18-11-10-15(19)17(21)14-9-5-4-8-13(14)16(20)12-6-2-1-3-7-12/h1-9,15,17,19,21H,10-11H2. The van der Waals surface area contributed by atoms with E-state index in [4.69, 9.17) is 0 Å². The van der Waals surface area contributed by atoms with E-state index in [1.165, 1.54) is 0 Å². The first-order valence-electron chi connectivity index (χ1n) is 6.76. The van der Waals surface area contributed by atoms with Crippen LogP contribution in [0.5, 0.6) is 0 Å². The number of carbonyl (C=O) groups excluding carboxylic acids is 1. The molecule has 2 unspecified atom stereocenters. The third kappa shape index (κ3) is 3.79. The van der Waals surface area contributed by atoms with Crippen molar-refractivity contribution in [2.45, 2.75) is 18.6 Å². The Bertz CT molecular complexity index is 598. The Morgan fingerprint density at radius 1 is 1.00 bits per heavy atom. The molecule has 0 aliphatic rings. The van der Waals surface area contributed by atoms with E-state index < -0.39 is 12.2 Å². The lowest BCUT2D eigenvalue weighted by molar-refractivity contribution is 0.0169. The summed E-state index contributed by atoms with van der Waals surface area (Å²) in [5.74, 6) is -0.156. The molecule has 2 aromatic rings. The van der Waals surface area contributed by atoms with Crippen LogP contribution in [0.25, 0.3) is 0 Å². The van der Waals surface area contributed by atoms with E-state index in [9.17, 15) is 15.0 Å². The summed E-state index contributed by atoms with van der Waals surface area (Å²) in [4.78, 5) is 12.6. The molecule has 0 fully saturated rings. The van der Waals surface area contributed by atoms with Crippen LogP contribution in [0.2, 0.25) is 0 Å². The van der Waals surface area contributed by atoms with E-state index in [1.54, 1.807) is 48.5 Å². The largest absolute Gasteiger partial charge is 0.390 e. The smallest absolute Gasteiger partial charge is 0.193 e. The third-order valence-corrected chi connectivity index (χ3v) is 3.79. The second-order valence-electron chi connectivity index (χ2n) is 4.77. The van der Waals surface area contributed by atoms with Crippen LogP contribution in [-0.2, 0) is 0 Å². The van der Waals surface area contributed by atoms with Gasteiger partial charge in [0.1, 0.15) is 6.10 Å². The summed E-state index contributed by atoms with van der Waals surface area (Å²) in [6.07, 6.45) is -1.57. The van der Waals surface area contributed by atoms with E-state index in [-0.39, 0.29) is 5.78 Å². The lowest BCUT2D eigenvalue weighted by atomic mass is 9.92. The Morgan fingerprint density at radius 2 is 1.62 bits per heavy atom. The Hall–Kier alpha value is -1.49. The number of ketones is 1. The molecule has 0 radical (unpaired) electrons. The van der Waals surface area contributed by atoms with Crippen LogP contribution in [0.1, 0.15) is 34.0 Å². The number of benzene rings is 2. The SMILES string of the molecule is O=C(c1ccccc1)c1ccccc1C(O)C(O)CCBr. The maximum absolute atomic E-state index is 12.6. The van der Waals surface area contributed by atoms with Gasteiger partial charge in [0.25, 0.3) is 0 Å². The number of aliphatic hydroxyl groups excluding tert-OH is 2. The highest BCUT2D eigenvalue weighted by Gasteiger charge is 2.23. The van der Waals surface area contributed by atoms with Crippen LogP contribution < -0.4 is 0 Å². The number of aliphatic hydroxyl groups is 2. The van der Waals surface area contributed by atoms with Crippen molar-refractivity contribution in [1.82, 2.24) is 0 Å². The summed E-state index contributed by atoms with van der Waals surface area (Å²) in [6.45, 7) is 0. The Balaban J connectivity index is 2.35. The van der Waals surface area contributed by atoms with Crippen LogP contribution in [0.4, 0.5) is 0 Å². The summed E-state index contributed by atoms with van der Waals surface area (Å²) in [5.41, 5.74) is 1.44. The summed E-state index contributed by atoms with van der Waals surface area (Å²) in [6, 6.07) is 15.8. The van der Waals surface area contributed by atoms with E-state index in [2.05, 4.69) is 15.9 Å². The third-order valence-electron chi connectivity index (χ3n) is 3.33. The minimum absolute atomic E-state index is 0.156. The molecule has 4 heteroatoms. The number of halogens is 1. The number of alkyl halides is 1. The fraction of sp³-hybridized carbons (Fsp3) is 0.235. The molecule has 21 heavy (non-hydrogen) atoms. The minimum Gasteiger partial charge on any atom is -0.390 e. The van der Waals surface area contributed by atoms with E-state index in [0.717, 1.165) is 0 Å². The van der Waals surface area contributed by atoms with Gasteiger partial charge in [0, 0.05) is 16.5 Å². The lowest BCUT2D eigenvalue weighted by Gasteiger charge is -2.19. The number of rotatable bonds is 6. The van der Waals surface area contributed by atoms with Crippen molar-refractivity contribution in [3.63, 3.8) is 0 Å². The molecule has 0 saturated heterocycles. The normalized spacial score (nSPS) is 13.7. The molecular weight excluding hydrogens is 332 g/mol. The van der Waals surface area contributed by atoms with Crippen LogP contribution in [-0.4, -0.2) is 27.4 Å². The molecule has 3 nitrogen and oxygen atoms in total. The van der Waals surface area contributed by atoms with E-state index >= 15 is 0 Å².